The molecule has 3 rings (SSSR count). The zero-order chi connectivity index (χ0) is 16.4. The Kier molecular flexibility index (Phi) is 4.76. The number of carbonyl (C=O) groups excluding carboxylic acids is 1. The molecule has 0 radical (unpaired) electrons. The maximum Gasteiger partial charge on any atom is 0.291 e. The lowest BCUT2D eigenvalue weighted by molar-refractivity contribution is 0.0997. The molecule has 1 N–H and O–H groups in total. The van der Waals surface area contributed by atoms with Crippen LogP contribution in [0.4, 0.5) is 5.69 Å². The van der Waals surface area contributed by atoms with Crippen LogP contribution in [0.1, 0.15) is 10.6 Å². The van der Waals surface area contributed by atoms with E-state index in [-0.39, 0.29) is 11.7 Å². The normalized spacial score (nSPS) is 10.6. The molecule has 0 atom stereocenters. The number of rotatable bonds is 3. The van der Waals surface area contributed by atoms with Gasteiger partial charge in [-0.15, -0.1) is 0 Å². The molecule has 0 spiro atoms. The third-order valence-corrected chi connectivity index (χ3v) is 4.39. The molecule has 2 aromatic carbocycles. The average molecular weight is 411 g/mol. The van der Waals surface area contributed by atoms with Crippen LogP contribution in [-0.2, 0) is 0 Å². The standard InChI is InChI=1S/C17H10BrCl2NO2/c18-12-3-1-2-4-14(12)21-17(22)16-8-7-15(23-16)11-6-5-10(19)9-13(11)20/h1-9H,(H,21,22). The zero-order valence-electron chi connectivity index (χ0n) is 11.6. The number of para-hydroxylation sites is 1. The summed E-state index contributed by atoms with van der Waals surface area (Å²) in [6.07, 6.45) is 0. The van der Waals surface area contributed by atoms with E-state index in [4.69, 9.17) is 27.6 Å². The van der Waals surface area contributed by atoms with Crippen LogP contribution in [0.5, 0.6) is 0 Å². The predicted octanol–water partition coefficient (Wildman–Crippen LogP) is 6.27. The summed E-state index contributed by atoms with van der Waals surface area (Å²) in [5, 5.41) is 3.78. The van der Waals surface area contributed by atoms with Crippen molar-refractivity contribution in [3.05, 3.63) is 74.9 Å². The Hall–Kier alpha value is -1.75. The van der Waals surface area contributed by atoms with Crippen molar-refractivity contribution < 1.29 is 9.21 Å². The van der Waals surface area contributed by atoms with E-state index in [1.165, 1.54) is 0 Å². The lowest BCUT2D eigenvalue weighted by Crippen LogP contribution is -2.11. The number of nitrogens with one attached hydrogen (secondary N) is 1. The number of furan rings is 1. The number of hydrogen-bond donors (Lipinski definition) is 1. The van der Waals surface area contributed by atoms with Crippen molar-refractivity contribution in [2.45, 2.75) is 0 Å². The highest BCUT2D eigenvalue weighted by molar-refractivity contribution is 9.10. The molecule has 23 heavy (non-hydrogen) atoms. The van der Waals surface area contributed by atoms with Gasteiger partial charge in [0.05, 0.1) is 10.7 Å². The number of hydrogen-bond acceptors (Lipinski definition) is 2. The van der Waals surface area contributed by atoms with E-state index in [2.05, 4.69) is 21.2 Å². The van der Waals surface area contributed by atoms with Gasteiger partial charge in [0.25, 0.3) is 5.91 Å². The van der Waals surface area contributed by atoms with Crippen molar-refractivity contribution in [2.24, 2.45) is 0 Å². The zero-order valence-corrected chi connectivity index (χ0v) is 14.7. The first kappa shape index (κ1) is 16.1. The third-order valence-electron chi connectivity index (χ3n) is 3.15. The Morgan fingerprint density at radius 2 is 1.83 bits per heavy atom. The van der Waals surface area contributed by atoms with Crippen LogP contribution < -0.4 is 5.32 Å². The van der Waals surface area contributed by atoms with Gasteiger partial charge in [-0.3, -0.25) is 4.79 Å². The summed E-state index contributed by atoms with van der Waals surface area (Å²) < 4.78 is 6.40. The van der Waals surface area contributed by atoms with Crippen molar-refractivity contribution in [2.75, 3.05) is 5.32 Å². The maximum absolute atomic E-state index is 12.3. The fourth-order valence-electron chi connectivity index (χ4n) is 2.04. The van der Waals surface area contributed by atoms with Crippen molar-refractivity contribution in [1.82, 2.24) is 0 Å². The fraction of sp³-hybridized carbons (Fsp3) is 0. The number of carbonyl (C=O) groups is 1. The van der Waals surface area contributed by atoms with Gasteiger partial charge in [-0.05, 0) is 58.4 Å². The summed E-state index contributed by atoms with van der Waals surface area (Å²) in [7, 11) is 0. The summed E-state index contributed by atoms with van der Waals surface area (Å²) in [6.45, 7) is 0. The molecule has 0 unspecified atom stereocenters. The molecule has 0 fully saturated rings. The highest BCUT2D eigenvalue weighted by atomic mass is 79.9. The van der Waals surface area contributed by atoms with Crippen molar-refractivity contribution in [3.8, 4) is 11.3 Å². The largest absolute Gasteiger partial charge is 0.451 e. The van der Waals surface area contributed by atoms with Gasteiger partial charge in [0.15, 0.2) is 5.76 Å². The van der Waals surface area contributed by atoms with Crippen LogP contribution in [0.25, 0.3) is 11.3 Å². The molecule has 1 heterocycles. The van der Waals surface area contributed by atoms with Crippen LogP contribution >= 0.6 is 39.1 Å². The molecule has 0 saturated carbocycles. The predicted molar refractivity (Wildman–Crippen MR) is 96.3 cm³/mol. The van der Waals surface area contributed by atoms with E-state index in [0.717, 1.165) is 4.47 Å². The minimum Gasteiger partial charge on any atom is -0.451 e. The lowest BCUT2D eigenvalue weighted by atomic mass is 10.2. The van der Waals surface area contributed by atoms with Gasteiger partial charge in [-0.2, -0.15) is 0 Å². The van der Waals surface area contributed by atoms with Crippen LogP contribution in [-0.4, -0.2) is 5.91 Å². The third kappa shape index (κ3) is 3.61. The molecule has 0 aliphatic heterocycles. The maximum atomic E-state index is 12.3. The number of amides is 1. The molecule has 3 nitrogen and oxygen atoms in total. The Bertz CT molecular complexity index is 877. The minimum absolute atomic E-state index is 0.196. The smallest absolute Gasteiger partial charge is 0.291 e. The number of halogens is 3. The first-order valence-electron chi connectivity index (χ1n) is 6.66. The van der Waals surface area contributed by atoms with Gasteiger partial charge < -0.3 is 9.73 Å². The fourth-order valence-corrected chi connectivity index (χ4v) is 2.93. The quantitative estimate of drug-likeness (QED) is 0.552. The van der Waals surface area contributed by atoms with E-state index in [1.807, 2.05) is 18.2 Å². The van der Waals surface area contributed by atoms with Crippen LogP contribution in [0.2, 0.25) is 10.0 Å². The molecule has 0 aliphatic rings. The van der Waals surface area contributed by atoms with Gasteiger partial charge in [-0.25, -0.2) is 0 Å². The summed E-state index contributed by atoms with van der Waals surface area (Å²) in [5.41, 5.74) is 1.34. The van der Waals surface area contributed by atoms with E-state index < -0.39 is 0 Å². The first-order valence-corrected chi connectivity index (χ1v) is 8.20. The molecule has 1 amide bonds. The van der Waals surface area contributed by atoms with Gasteiger partial charge in [-0.1, -0.05) is 35.3 Å². The van der Waals surface area contributed by atoms with Gasteiger partial charge in [0.1, 0.15) is 5.76 Å². The molecule has 0 bridgehead atoms. The molecule has 3 aromatic rings. The Morgan fingerprint density at radius 3 is 2.57 bits per heavy atom. The molecule has 6 heteroatoms. The van der Waals surface area contributed by atoms with Crippen LogP contribution in [0.3, 0.4) is 0 Å². The van der Waals surface area contributed by atoms with E-state index in [1.54, 1.807) is 36.4 Å². The van der Waals surface area contributed by atoms with Gasteiger partial charge in [0.2, 0.25) is 0 Å². The van der Waals surface area contributed by atoms with Crippen LogP contribution in [0, 0.1) is 0 Å². The minimum atomic E-state index is -0.340. The first-order chi connectivity index (χ1) is 11.0. The van der Waals surface area contributed by atoms with Crippen molar-refractivity contribution in [3.63, 3.8) is 0 Å². The molecule has 116 valence electrons. The Balaban J connectivity index is 1.84. The van der Waals surface area contributed by atoms with Crippen LogP contribution in [0.15, 0.2) is 63.5 Å². The highest BCUT2D eigenvalue weighted by Gasteiger charge is 2.15. The second kappa shape index (κ2) is 6.79. The van der Waals surface area contributed by atoms with Crippen molar-refractivity contribution >= 4 is 50.7 Å². The summed E-state index contributed by atoms with van der Waals surface area (Å²) in [4.78, 5) is 12.3. The SMILES string of the molecule is O=C(Nc1ccccc1Br)c1ccc(-c2ccc(Cl)cc2Cl)o1. The van der Waals surface area contributed by atoms with E-state index in [0.29, 0.717) is 27.1 Å². The molecule has 0 saturated heterocycles. The Labute approximate surface area is 151 Å². The van der Waals surface area contributed by atoms with E-state index >= 15 is 0 Å². The highest BCUT2D eigenvalue weighted by Crippen LogP contribution is 2.32. The summed E-state index contributed by atoms with van der Waals surface area (Å²) >= 11 is 15.4. The van der Waals surface area contributed by atoms with Gasteiger partial charge >= 0.3 is 0 Å². The van der Waals surface area contributed by atoms with E-state index in [9.17, 15) is 4.79 Å². The summed E-state index contributed by atoms with van der Waals surface area (Å²) in [5.74, 6) is 0.360. The lowest BCUT2D eigenvalue weighted by Gasteiger charge is -2.05. The van der Waals surface area contributed by atoms with Crippen molar-refractivity contribution in [1.29, 1.82) is 0 Å². The second-order valence-electron chi connectivity index (χ2n) is 4.72. The second-order valence-corrected chi connectivity index (χ2v) is 6.42. The molecular formula is C17H10BrCl2NO2. The topological polar surface area (TPSA) is 42.2 Å². The molecule has 1 aromatic heterocycles. The molecular weight excluding hydrogens is 401 g/mol. The number of benzene rings is 2. The Morgan fingerprint density at radius 1 is 1.04 bits per heavy atom. The van der Waals surface area contributed by atoms with Gasteiger partial charge in [0, 0.05) is 15.1 Å². The average Bonchev–Trinajstić information content (AvgIpc) is 2.99. The summed E-state index contributed by atoms with van der Waals surface area (Å²) in [6, 6.07) is 15.7. The monoisotopic (exact) mass is 409 g/mol. The molecule has 0 aliphatic carbocycles. The number of anilines is 1.